The molecule has 1 aromatic heterocycles. The summed E-state index contributed by atoms with van der Waals surface area (Å²) >= 11 is 10.7. The summed E-state index contributed by atoms with van der Waals surface area (Å²) in [6.45, 7) is 2.84. The van der Waals surface area contributed by atoms with Gasteiger partial charge in [0, 0.05) is 17.0 Å². The van der Waals surface area contributed by atoms with Crippen molar-refractivity contribution in [3.05, 3.63) is 50.9 Å². The van der Waals surface area contributed by atoms with E-state index in [9.17, 15) is 14.4 Å². The molecule has 0 fully saturated rings. The minimum atomic E-state index is -0.383. The van der Waals surface area contributed by atoms with E-state index >= 15 is 0 Å². The third kappa shape index (κ3) is 4.24. The number of carbonyl (C=O) groups excluding carboxylic acids is 3. The van der Waals surface area contributed by atoms with E-state index in [1.807, 2.05) is 0 Å². The van der Waals surface area contributed by atoms with Gasteiger partial charge in [-0.1, -0.05) is 39.7 Å². The molecule has 0 radical (unpaired) electrons. The van der Waals surface area contributed by atoms with E-state index in [0.717, 1.165) is 10.4 Å². The van der Waals surface area contributed by atoms with Crippen molar-refractivity contribution >= 4 is 61.7 Å². The number of benzene rings is 1. The number of fused-ring (bicyclic) bond motifs is 1. The molecular weight excluding hydrogens is 468 g/mol. The van der Waals surface area contributed by atoms with Crippen molar-refractivity contribution in [2.45, 2.75) is 19.9 Å². The number of rotatable bonds is 5. The molecule has 2 aromatic rings. The van der Waals surface area contributed by atoms with E-state index < -0.39 is 0 Å². The zero-order valence-corrected chi connectivity index (χ0v) is 18.2. The number of nitrogens with zero attached hydrogens (tertiary/aromatic N) is 1. The van der Waals surface area contributed by atoms with E-state index in [1.54, 1.807) is 36.1 Å². The Labute approximate surface area is 179 Å². The van der Waals surface area contributed by atoms with Gasteiger partial charge >= 0.3 is 6.09 Å². The van der Waals surface area contributed by atoms with Gasteiger partial charge in [-0.15, -0.1) is 11.3 Å². The van der Waals surface area contributed by atoms with Gasteiger partial charge in [-0.2, -0.15) is 0 Å². The molecule has 0 unspecified atom stereocenters. The quantitative estimate of drug-likeness (QED) is 0.500. The van der Waals surface area contributed by atoms with Gasteiger partial charge in [0.1, 0.15) is 5.00 Å². The lowest BCUT2D eigenvalue weighted by Crippen LogP contribution is -2.36. The number of ether oxygens (including phenoxy) is 1. The number of carbonyl (C=O) groups is 3. The minimum Gasteiger partial charge on any atom is -0.450 e. The van der Waals surface area contributed by atoms with Crippen LogP contribution in [0.15, 0.2) is 24.3 Å². The molecule has 0 saturated carbocycles. The van der Waals surface area contributed by atoms with Crippen molar-refractivity contribution in [1.82, 2.24) is 4.90 Å². The smallest absolute Gasteiger partial charge is 0.410 e. The molecule has 1 aliphatic rings. The summed E-state index contributed by atoms with van der Waals surface area (Å²) in [7, 11) is 0. The molecule has 6 nitrogen and oxygen atoms in total. The van der Waals surface area contributed by atoms with Crippen molar-refractivity contribution in [2.75, 3.05) is 23.8 Å². The highest BCUT2D eigenvalue weighted by atomic mass is 79.9. The number of halogens is 2. The van der Waals surface area contributed by atoms with Gasteiger partial charge in [0.05, 0.1) is 29.1 Å². The fourth-order valence-corrected chi connectivity index (χ4v) is 4.68. The fraction of sp³-hybridized carbons (Fsp3) is 0.316. The summed E-state index contributed by atoms with van der Waals surface area (Å²) < 4.78 is 5.08. The Hall–Kier alpha value is -1.90. The zero-order chi connectivity index (χ0) is 20.3. The highest BCUT2D eigenvalue weighted by Crippen LogP contribution is 2.39. The van der Waals surface area contributed by atoms with Gasteiger partial charge in [0.25, 0.3) is 0 Å². The number of anilines is 1. The Kier molecular flexibility index (Phi) is 6.74. The van der Waals surface area contributed by atoms with Crippen molar-refractivity contribution in [3.8, 4) is 0 Å². The van der Waals surface area contributed by atoms with Crippen LogP contribution in [-0.2, 0) is 22.5 Å². The van der Waals surface area contributed by atoms with E-state index in [4.69, 9.17) is 16.3 Å². The highest BCUT2D eigenvalue weighted by molar-refractivity contribution is 9.09. The average Bonchev–Trinajstić information content (AvgIpc) is 3.04. The number of nitrogens with one attached hydrogen (secondary N) is 1. The molecule has 0 spiro atoms. The predicted octanol–water partition coefficient (Wildman–Crippen LogP) is 4.48. The van der Waals surface area contributed by atoms with E-state index in [2.05, 4.69) is 21.2 Å². The molecule has 28 heavy (non-hydrogen) atoms. The minimum absolute atomic E-state index is 0.115. The SMILES string of the molecule is CCOC(=O)N1CCc2c(sc(NC(=O)CBr)c2C(=O)c2ccccc2Cl)C1. The molecule has 0 atom stereocenters. The van der Waals surface area contributed by atoms with E-state index in [0.29, 0.717) is 47.3 Å². The van der Waals surface area contributed by atoms with Crippen LogP contribution in [0, 0.1) is 0 Å². The molecule has 2 amide bonds. The molecule has 0 saturated heterocycles. The summed E-state index contributed by atoms with van der Waals surface area (Å²) in [6.07, 6.45) is 0.118. The maximum absolute atomic E-state index is 13.3. The maximum Gasteiger partial charge on any atom is 0.410 e. The normalized spacial score (nSPS) is 13.0. The predicted molar refractivity (Wildman–Crippen MR) is 113 cm³/mol. The molecule has 1 aromatic carbocycles. The summed E-state index contributed by atoms with van der Waals surface area (Å²) in [6, 6.07) is 6.83. The average molecular weight is 486 g/mol. The second-order valence-electron chi connectivity index (χ2n) is 6.07. The first-order chi connectivity index (χ1) is 13.5. The Morgan fingerprint density at radius 1 is 1.32 bits per heavy atom. The molecule has 2 heterocycles. The first-order valence-corrected chi connectivity index (χ1v) is 11.0. The lowest BCUT2D eigenvalue weighted by molar-refractivity contribution is -0.113. The molecule has 9 heteroatoms. The first-order valence-electron chi connectivity index (χ1n) is 8.67. The molecular formula is C19H18BrClN2O4S. The molecule has 1 aliphatic heterocycles. The van der Waals surface area contributed by atoms with Crippen molar-refractivity contribution in [3.63, 3.8) is 0 Å². The van der Waals surface area contributed by atoms with E-state index in [-0.39, 0.29) is 23.1 Å². The second kappa shape index (κ2) is 9.07. The van der Waals surface area contributed by atoms with Crippen LogP contribution < -0.4 is 5.32 Å². The van der Waals surface area contributed by atoms with Gasteiger partial charge in [-0.3, -0.25) is 9.59 Å². The van der Waals surface area contributed by atoms with Gasteiger partial charge < -0.3 is 15.0 Å². The highest BCUT2D eigenvalue weighted by Gasteiger charge is 2.31. The summed E-state index contributed by atoms with van der Waals surface area (Å²) in [5, 5.41) is 3.74. The van der Waals surface area contributed by atoms with Crippen LogP contribution >= 0.6 is 38.9 Å². The van der Waals surface area contributed by atoms with Crippen LogP contribution in [0.2, 0.25) is 5.02 Å². The van der Waals surface area contributed by atoms with Crippen LogP contribution in [0.25, 0.3) is 0 Å². The van der Waals surface area contributed by atoms with Gasteiger partial charge in [-0.25, -0.2) is 4.79 Å². The van der Waals surface area contributed by atoms with Crippen LogP contribution in [-0.4, -0.2) is 41.2 Å². The van der Waals surface area contributed by atoms with Crippen molar-refractivity contribution in [1.29, 1.82) is 0 Å². The number of amides is 2. The third-order valence-electron chi connectivity index (χ3n) is 4.30. The molecule has 0 aliphatic carbocycles. The lowest BCUT2D eigenvalue weighted by atomic mass is 9.96. The number of hydrogen-bond donors (Lipinski definition) is 1. The second-order valence-corrected chi connectivity index (χ2v) is 8.14. The molecule has 3 rings (SSSR count). The van der Waals surface area contributed by atoms with Crippen LogP contribution in [0.5, 0.6) is 0 Å². The van der Waals surface area contributed by atoms with Crippen LogP contribution in [0.1, 0.15) is 33.3 Å². The number of hydrogen-bond acceptors (Lipinski definition) is 5. The van der Waals surface area contributed by atoms with Gasteiger partial charge in [-0.05, 0) is 31.0 Å². The van der Waals surface area contributed by atoms with Crippen molar-refractivity contribution < 1.29 is 19.1 Å². The largest absolute Gasteiger partial charge is 0.450 e. The van der Waals surface area contributed by atoms with Gasteiger partial charge in [0.2, 0.25) is 5.91 Å². The van der Waals surface area contributed by atoms with Crippen molar-refractivity contribution in [2.24, 2.45) is 0 Å². The monoisotopic (exact) mass is 484 g/mol. The number of ketones is 1. The molecule has 1 N–H and O–H groups in total. The Morgan fingerprint density at radius 2 is 2.07 bits per heavy atom. The lowest BCUT2D eigenvalue weighted by Gasteiger charge is -2.26. The van der Waals surface area contributed by atoms with E-state index in [1.165, 1.54) is 11.3 Å². The molecule has 148 valence electrons. The first kappa shape index (κ1) is 20.8. The third-order valence-corrected chi connectivity index (χ3v) is 6.27. The zero-order valence-electron chi connectivity index (χ0n) is 15.1. The fourth-order valence-electron chi connectivity index (χ4n) is 3.04. The topological polar surface area (TPSA) is 75.7 Å². The Balaban J connectivity index is 2.01. The Bertz CT molecular complexity index is 931. The molecule has 0 bridgehead atoms. The maximum atomic E-state index is 13.3. The number of thiophene rings is 1. The van der Waals surface area contributed by atoms with Crippen LogP contribution in [0.3, 0.4) is 0 Å². The summed E-state index contributed by atoms with van der Waals surface area (Å²) in [4.78, 5) is 39.8. The summed E-state index contributed by atoms with van der Waals surface area (Å²) in [5.41, 5.74) is 1.68. The Morgan fingerprint density at radius 3 is 2.75 bits per heavy atom. The standard InChI is InChI=1S/C19H18BrClN2O4S/c1-2-27-19(26)23-8-7-12-14(10-23)28-18(22-15(24)9-20)16(12)17(25)11-5-3-4-6-13(11)21/h3-6H,2,7-10H2,1H3,(H,22,24). The summed E-state index contributed by atoms with van der Waals surface area (Å²) in [5.74, 6) is -0.494. The van der Waals surface area contributed by atoms with Crippen LogP contribution in [0.4, 0.5) is 9.80 Å². The van der Waals surface area contributed by atoms with Gasteiger partial charge in [0.15, 0.2) is 5.78 Å². The number of alkyl halides is 1.